The molecule has 1 saturated carbocycles. The maximum absolute atomic E-state index is 13.2. The van der Waals surface area contributed by atoms with Crippen LogP contribution in [0, 0.1) is 0 Å². The van der Waals surface area contributed by atoms with Gasteiger partial charge in [-0.05, 0) is 69.4 Å². The second-order valence-electron chi connectivity index (χ2n) is 8.69. The van der Waals surface area contributed by atoms with E-state index in [1.165, 1.54) is 5.56 Å². The number of aromatic nitrogens is 1. The van der Waals surface area contributed by atoms with Crippen molar-refractivity contribution in [1.29, 1.82) is 0 Å². The molecule has 5 nitrogen and oxygen atoms in total. The third-order valence-corrected chi connectivity index (χ3v) is 5.90. The van der Waals surface area contributed by atoms with Gasteiger partial charge in [0.05, 0.1) is 6.54 Å². The highest BCUT2D eigenvalue weighted by Gasteiger charge is 2.34. The summed E-state index contributed by atoms with van der Waals surface area (Å²) >= 11 is 0. The number of benzene rings is 1. The molecular formula is C25H35N3O2. The van der Waals surface area contributed by atoms with Crippen LogP contribution in [0.25, 0.3) is 0 Å². The summed E-state index contributed by atoms with van der Waals surface area (Å²) in [4.78, 5) is 30.0. The van der Waals surface area contributed by atoms with Crippen LogP contribution in [0.1, 0.15) is 68.1 Å². The summed E-state index contributed by atoms with van der Waals surface area (Å²) < 4.78 is 2.05. The third kappa shape index (κ3) is 5.53. The lowest BCUT2D eigenvalue weighted by molar-refractivity contribution is -0.133. The van der Waals surface area contributed by atoms with Crippen LogP contribution in [0.5, 0.6) is 0 Å². The first-order valence-electron chi connectivity index (χ1n) is 11.2. The third-order valence-electron chi connectivity index (χ3n) is 5.90. The van der Waals surface area contributed by atoms with Crippen molar-refractivity contribution in [3.63, 3.8) is 0 Å². The molecule has 162 valence electrons. The van der Waals surface area contributed by atoms with Crippen molar-refractivity contribution in [2.45, 2.75) is 71.5 Å². The van der Waals surface area contributed by atoms with Crippen LogP contribution in [-0.4, -0.2) is 44.8 Å². The van der Waals surface area contributed by atoms with Crippen LogP contribution in [0.4, 0.5) is 0 Å². The van der Waals surface area contributed by atoms with Crippen LogP contribution in [-0.2, 0) is 24.8 Å². The molecule has 1 heterocycles. The summed E-state index contributed by atoms with van der Waals surface area (Å²) in [7, 11) is 2.00. The van der Waals surface area contributed by atoms with Gasteiger partial charge in [-0.2, -0.15) is 0 Å². The fourth-order valence-corrected chi connectivity index (χ4v) is 3.73. The molecule has 1 aliphatic carbocycles. The lowest BCUT2D eigenvalue weighted by Gasteiger charge is -2.30. The molecule has 2 amide bonds. The van der Waals surface area contributed by atoms with Crippen molar-refractivity contribution in [1.82, 2.24) is 14.4 Å². The normalized spacial score (nSPS) is 13.5. The maximum atomic E-state index is 13.2. The van der Waals surface area contributed by atoms with Gasteiger partial charge in [-0.15, -0.1) is 0 Å². The Morgan fingerprint density at radius 1 is 1.13 bits per heavy atom. The lowest BCUT2D eigenvalue weighted by atomic mass is 10.1. The second kappa shape index (κ2) is 9.96. The standard InChI is InChI=1S/C25H35N3O2/c1-5-6-8-20-10-12-21(13-11-20)25(30)27(19(2)3)18-24(29)28(22-14-15-22)17-23-9-7-16-26(23)4/h7,9-13,16,19,22H,5-6,8,14-15,17-18H2,1-4H3. The fraction of sp³-hybridized carbons (Fsp3) is 0.520. The van der Waals surface area contributed by atoms with Crippen molar-refractivity contribution in [3.05, 3.63) is 59.4 Å². The molecule has 0 atom stereocenters. The molecule has 2 aromatic rings. The SMILES string of the molecule is CCCCc1ccc(C(=O)N(CC(=O)N(Cc2cccn2C)C2CC2)C(C)C)cc1. The van der Waals surface area contributed by atoms with Gasteiger partial charge in [-0.3, -0.25) is 9.59 Å². The molecule has 0 saturated heterocycles. The molecule has 0 N–H and O–H groups in total. The highest BCUT2D eigenvalue weighted by atomic mass is 16.2. The Bertz CT molecular complexity index is 850. The van der Waals surface area contributed by atoms with Gasteiger partial charge < -0.3 is 14.4 Å². The number of aryl methyl sites for hydroxylation is 2. The van der Waals surface area contributed by atoms with Crippen LogP contribution in [0.3, 0.4) is 0 Å². The van der Waals surface area contributed by atoms with Crippen molar-refractivity contribution in [3.8, 4) is 0 Å². The van der Waals surface area contributed by atoms with E-state index < -0.39 is 0 Å². The van der Waals surface area contributed by atoms with E-state index in [1.54, 1.807) is 4.90 Å². The van der Waals surface area contributed by atoms with Gasteiger partial charge in [0.2, 0.25) is 5.91 Å². The predicted molar refractivity (Wildman–Crippen MR) is 120 cm³/mol. The summed E-state index contributed by atoms with van der Waals surface area (Å²) in [5.74, 6) is -0.0460. The molecule has 1 aromatic heterocycles. The lowest BCUT2D eigenvalue weighted by Crippen LogP contribution is -2.46. The summed E-state index contributed by atoms with van der Waals surface area (Å²) in [5.41, 5.74) is 3.01. The van der Waals surface area contributed by atoms with E-state index in [4.69, 9.17) is 0 Å². The quantitative estimate of drug-likeness (QED) is 0.583. The van der Waals surface area contributed by atoms with E-state index in [-0.39, 0.29) is 24.4 Å². The highest BCUT2D eigenvalue weighted by Crippen LogP contribution is 2.29. The van der Waals surface area contributed by atoms with Crippen LogP contribution < -0.4 is 0 Å². The number of amides is 2. The van der Waals surface area contributed by atoms with Gasteiger partial charge in [0, 0.05) is 36.6 Å². The molecule has 0 unspecified atom stereocenters. The molecule has 1 fully saturated rings. The van der Waals surface area contributed by atoms with Crippen LogP contribution >= 0.6 is 0 Å². The van der Waals surface area contributed by atoms with E-state index in [0.717, 1.165) is 37.8 Å². The molecule has 0 spiro atoms. The minimum Gasteiger partial charge on any atom is -0.353 e. The van der Waals surface area contributed by atoms with Crippen molar-refractivity contribution in [2.75, 3.05) is 6.54 Å². The van der Waals surface area contributed by atoms with E-state index in [2.05, 4.69) is 6.92 Å². The maximum Gasteiger partial charge on any atom is 0.254 e. The Kier molecular flexibility index (Phi) is 7.35. The molecule has 0 aliphatic heterocycles. The van der Waals surface area contributed by atoms with E-state index in [1.807, 2.05) is 73.0 Å². The Morgan fingerprint density at radius 2 is 1.83 bits per heavy atom. The summed E-state index contributed by atoms with van der Waals surface area (Å²) in [6.07, 6.45) is 7.43. The molecule has 0 radical (unpaired) electrons. The van der Waals surface area contributed by atoms with Gasteiger partial charge in [0.1, 0.15) is 6.54 Å². The molecule has 30 heavy (non-hydrogen) atoms. The van der Waals surface area contributed by atoms with Gasteiger partial charge in [0.25, 0.3) is 5.91 Å². The number of hydrogen-bond donors (Lipinski definition) is 0. The zero-order valence-corrected chi connectivity index (χ0v) is 18.8. The van der Waals surface area contributed by atoms with Crippen molar-refractivity contribution in [2.24, 2.45) is 7.05 Å². The number of carbonyl (C=O) groups excluding carboxylic acids is 2. The predicted octanol–water partition coefficient (Wildman–Crippen LogP) is 4.41. The molecule has 1 aromatic carbocycles. The van der Waals surface area contributed by atoms with Gasteiger partial charge in [0.15, 0.2) is 0 Å². The number of hydrogen-bond acceptors (Lipinski definition) is 2. The van der Waals surface area contributed by atoms with Crippen molar-refractivity contribution >= 4 is 11.8 Å². The Balaban J connectivity index is 1.69. The zero-order valence-electron chi connectivity index (χ0n) is 18.8. The highest BCUT2D eigenvalue weighted by molar-refractivity contribution is 5.96. The minimum atomic E-state index is -0.0741. The Labute approximate surface area is 180 Å². The smallest absolute Gasteiger partial charge is 0.254 e. The van der Waals surface area contributed by atoms with Crippen molar-refractivity contribution < 1.29 is 9.59 Å². The summed E-state index contributed by atoms with van der Waals surface area (Å²) in [6.45, 7) is 6.84. The number of carbonyl (C=O) groups is 2. The largest absolute Gasteiger partial charge is 0.353 e. The van der Waals surface area contributed by atoms with Gasteiger partial charge in [-0.25, -0.2) is 0 Å². The first-order chi connectivity index (χ1) is 14.4. The average molecular weight is 410 g/mol. The first kappa shape index (κ1) is 22.1. The molecule has 3 rings (SSSR count). The number of unbranched alkanes of at least 4 members (excludes halogenated alkanes) is 1. The monoisotopic (exact) mass is 409 g/mol. The van der Waals surface area contributed by atoms with E-state index in [0.29, 0.717) is 18.2 Å². The topological polar surface area (TPSA) is 45.6 Å². The molecular weight excluding hydrogens is 374 g/mol. The van der Waals surface area contributed by atoms with E-state index >= 15 is 0 Å². The molecule has 5 heteroatoms. The van der Waals surface area contributed by atoms with E-state index in [9.17, 15) is 9.59 Å². The summed E-state index contributed by atoms with van der Waals surface area (Å²) in [5, 5.41) is 0. The Hall–Kier alpha value is -2.56. The minimum absolute atomic E-state index is 0.0281. The summed E-state index contributed by atoms with van der Waals surface area (Å²) in [6, 6.07) is 12.2. The van der Waals surface area contributed by atoms with Gasteiger partial charge >= 0.3 is 0 Å². The Morgan fingerprint density at radius 3 is 2.37 bits per heavy atom. The van der Waals surface area contributed by atoms with Gasteiger partial charge in [-0.1, -0.05) is 25.5 Å². The average Bonchev–Trinajstić information content (AvgIpc) is 3.50. The van der Waals surface area contributed by atoms with Crippen LogP contribution in [0.15, 0.2) is 42.6 Å². The number of nitrogens with zero attached hydrogens (tertiary/aromatic N) is 3. The number of rotatable bonds is 10. The molecule has 1 aliphatic rings. The fourth-order valence-electron chi connectivity index (χ4n) is 3.73. The first-order valence-corrected chi connectivity index (χ1v) is 11.2. The van der Waals surface area contributed by atoms with Crippen LogP contribution in [0.2, 0.25) is 0 Å². The second-order valence-corrected chi connectivity index (χ2v) is 8.69. The zero-order chi connectivity index (χ0) is 21.7. The molecule has 0 bridgehead atoms.